The van der Waals surface area contributed by atoms with Crippen LogP contribution in [-0.4, -0.2) is 54.6 Å². The zero-order valence-corrected chi connectivity index (χ0v) is 14.7. The predicted octanol–water partition coefficient (Wildman–Crippen LogP) is 1.08. The molecule has 0 unspecified atom stereocenters. The number of rotatable bonds is 9. The molecule has 1 fully saturated rings. The number of amides is 4. The first-order valence-electron chi connectivity index (χ1n) is 8.51. The van der Waals surface area contributed by atoms with Gasteiger partial charge in [0, 0.05) is 19.6 Å². The Morgan fingerprint density at radius 3 is 2.68 bits per heavy atom. The third kappa shape index (κ3) is 5.86. The SMILES string of the molecule is CC(C)OCCCNC(=O)CN1C(=O)N[C@H](Cc2ccccc2)C1=O. The minimum atomic E-state index is -0.623. The van der Waals surface area contributed by atoms with Crippen molar-refractivity contribution in [1.82, 2.24) is 15.5 Å². The molecular weight excluding hydrogens is 322 g/mol. The quantitative estimate of drug-likeness (QED) is 0.517. The molecule has 1 aromatic carbocycles. The fourth-order valence-electron chi connectivity index (χ4n) is 2.53. The van der Waals surface area contributed by atoms with Gasteiger partial charge < -0.3 is 15.4 Å². The Morgan fingerprint density at radius 1 is 1.28 bits per heavy atom. The van der Waals surface area contributed by atoms with E-state index in [4.69, 9.17) is 4.74 Å². The topological polar surface area (TPSA) is 87.7 Å². The maximum Gasteiger partial charge on any atom is 0.325 e. The van der Waals surface area contributed by atoms with Crippen molar-refractivity contribution in [3.63, 3.8) is 0 Å². The number of ether oxygens (including phenoxy) is 1. The van der Waals surface area contributed by atoms with Gasteiger partial charge in [-0.15, -0.1) is 0 Å². The van der Waals surface area contributed by atoms with Gasteiger partial charge in [0.2, 0.25) is 5.91 Å². The molecule has 1 saturated heterocycles. The summed E-state index contributed by atoms with van der Waals surface area (Å²) < 4.78 is 5.38. The number of hydrogen-bond donors (Lipinski definition) is 2. The summed E-state index contributed by atoms with van der Waals surface area (Å²) in [6, 6.07) is 8.30. The molecule has 0 bridgehead atoms. The lowest BCUT2D eigenvalue weighted by Crippen LogP contribution is -2.41. The van der Waals surface area contributed by atoms with Gasteiger partial charge in [-0.2, -0.15) is 0 Å². The second-order valence-corrected chi connectivity index (χ2v) is 6.24. The number of nitrogens with zero attached hydrogens (tertiary/aromatic N) is 1. The van der Waals surface area contributed by atoms with Crippen LogP contribution in [0, 0.1) is 0 Å². The van der Waals surface area contributed by atoms with Crippen molar-refractivity contribution in [3.8, 4) is 0 Å². The lowest BCUT2D eigenvalue weighted by Gasteiger charge is -2.13. The highest BCUT2D eigenvalue weighted by molar-refractivity contribution is 6.06. The summed E-state index contributed by atoms with van der Waals surface area (Å²) in [5.74, 6) is -0.722. The largest absolute Gasteiger partial charge is 0.379 e. The number of benzene rings is 1. The van der Waals surface area contributed by atoms with Crippen LogP contribution < -0.4 is 10.6 Å². The van der Waals surface area contributed by atoms with Gasteiger partial charge in [0.1, 0.15) is 12.6 Å². The van der Waals surface area contributed by atoms with Gasteiger partial charge in [0.25, 0.3) is 5.91 Å². The summed E-state index contributed by atoms with van der Waals surface area (Å²) in [4.78, 5) is 37.2. The Balaban J connectivity index is 1.77. The van der Waals surface area contributed by atoms with E-state index in [-0.39, 0.29) is 24.5 Å². The first-order chi connectivity index (χ1) is 12.0. The van der Waals surface area contributed by atoms with E-state index in [0.29, 0.717) is 26.0 Å². The van der Waals surface area contributed by atoms with Gasteiger partial charge in [0.05, 0.1) is 6.10 Å². The van der Waals surface area contributed by atoms with Crippen molar-refractivity contribution in [3.05, 3.63) is 35.9 Å². The van der Waals surface area contributed by atoms with Crippen molar-refractivity contribution in [2.75, 3.05) is 19.7 Å². The first-order valence-corrected chi connectivity index (χ1v) is 8.51. The molecule has 0 radical (unpaired) electrons. The second kappa shape index (κ2) is 9.17. The Bertz CT molecular complexity index is 604. The van der Waals surface area contributed by atoms with Crippen molar-refractivity contribution in [1.29, 1.82) is 0 Å². The molecule has 136 valence electrons. The van der Waals surface area contributed by atoms with E-state index in [2.05, 4.69) is 10.6 Å². The highest BCUT2D eigenvalue weighted by atomic mass is 16.5. The van der Waals surface area contributed by atoms with Crippen LogP contribution in [0.4, 0.5) is 4.79 Å². The zero-order valence-electron chi connectivity index (χ0n) is 14.7. The standard InChI is InChI=1S/C18H25N3O4/c1-13(2)25-10-6-9-19-16(22)12-21-17(23)15(20-18(21)24)11-14-7-4-3-5-8-14/h3-5,7-8,13,15H,6,9-12H2,1-2H3,(H,19,22)(H,20,24)/t15-/m1/s1. The van der Waals surface area contributed by atoms with Gasteiger partial charge >= 0.3 is 6.03 Å². The maximum atomic E-state index is 12.3. The van der Waals surface area contributed by atoms with Crippen LogP contribution in [0.25, 0.3) is 0 Å². The second-order valence-electron chi connectivity index (χ2n) is 6.24. The van der Waals surface area contributed by atoms with Gasteiger partial charge in [-0.1, -0.05) is 30.3 Å². The van der Waals surface area contributed by atoms with Crippen LogP contribution >= 0.6 is 0 Å². The van der Waals surface area contributed by atoms with Crippen molar-refractivity contribution in [2.24, 2.45) is 0 Å². The van der Waals surface area contributed by atoms with E-state index >= 15 is 0 Å². The third-order valence-electron chi connectivity index (χ3n) is 3.79. The van der Waals surface area contributed by atoms with E-state index in [1.807, 2.05) is 44.2 Å². The molecule has 7 nitrogen and oxygen atoms in total. The molecule has 0 aromatic heterocycles. The maximum absolute atomic E-state index is 12.3. The van der Waals surface area contributed by atoms with Crippen LogP contribution in [0.15, 0.2) is 30.3 Å². The van der Waals surface area contributed by atoms with Gasteiger partial charge in [-0.3, -0.25) is 14.5 Å². The van der Waals surface area contributed by atoms with Gasteiger partial charge in [0.15, 0.2) is 0 Å². The molecule has 1 aromatic rings. The molecule has 4 amide bonds. The number of carbonyl (C=O) groups excluding carboxylic acids is 3. The molecule has 0 saturated carbocycles. The van der Waals surface area contributed by atoms with Crippen LogP contribution in [0.5, 0.6) is 0 Å². The summed E-state index contributed by atoms with van der Waals surface area (Å²) in [5, 5.41) is 5.33. The number of imide groups is 1. The van der Waals surface area contributed by atoms with E-state index in [1.165, 1.54) is 0 Å². The summed E-state index contributed by atoms with van der Waals surface area (Å²) in [6.07, 6.45) is 1.25. The Kier molecular flexibility index (Phi) is 6.94. The van der Waals surface area contributed by atoms with Crippen LogP contribution in [0.2, 0.25) is 0 Å². The first kappa shape index (κ1) is 18.9. The lowest BCUT2D eigenvalue weighted by molar-refractivity contribution is -0.132. The molecule has 0 aliphatic carbocycles. The monoisotopic (exact) mass is 347 g/mol. The normalized spacial score (nSPS) is 17.1. The summed E-state index contributed by atoms with van der Waals surface area (Å²) in [7, 11) is 0. The highest BCUT2D eigenvalue weighted by Gasteiger charge is 2.38. The molecule has 2 N–H and O–H groups in total. The van der Waals surface area contributed by atoms with E-state index in [9.17, 15) is 14.4 Å². The van der Waals surface area contributed by atoms with E-state index < -0.39 is 12.1 Å². The average molecular weight is 347 g/mol. The zero-order chi connectivity index (χ0) is 18.2. The molecule has 0 spiro atoms. The predicted molar refractivity (Wildman–Crippen MR) is 92.9 cm³/mol. The van der Waals surface area contributed by atoms with Crippen LogP contribution in [-0.2, 0) is 20.7 Å². The number of urea groups is 1. The van der Waals surface area contributed by atoms with Crippen LogP contribution in [0.3, 0.4) is 0 Å². The highest BCUT2D eigenvalue weighted by Crippen LogP contribution is 2.11. The van der Waals surface area contributed by atoms with Crippen molar-refractivity contribution in [2.45, 2.75) is 38.8 Å². The van der Waals surface area contributed by atoms with Crippen molar-refractivity contribution < 1.29 is 19.1 Å². The fourth-order valence-corrected chi connectivity index (χ4v) is 2.53. The van der Waals surface area contributed by atoms with E-state index in [0.717, 1.165) is 10.5 Å². The molecule has 1 aliphatic rings. The average Bonchev–Trinajstić information content (AvgIpc) is 2.83. The molecule has 1 atom stereocenters. The third-order valence-corrected chi connectivity index (χ3v) is 3.79. The number of nitrogens with one attached hydrogen (secondary N) is 2. The molecule has 1 aliphatic heterocycles. The van der Waals surface area contributed by atoms with Gasteiger partial charge in [-0.05, 0) is 25.8 Å². The molecule has 25 heavy (non-hydrogen) atoms. The minimum Gasteiger partial charge on any atom is -0.379 e. The number of carbonyl (C=O) groups is 3. The number of hydrogen-bond acceptors (Lipinski definition) is 4. The van der Waals surface area contributed by atoms with Gasteiger partial charge in [-0.25, -0.2) is 4.79 Å². The summed E-state index contributed by atoms with van der Waals surface area (Å²) in [5.41, 5.74) is 0.956. The Labute approximate surface area is 147 Å². The molecule has 1 heterocycles. The minimum absolute atomic E-state index is 0.156. The Hall–Kier alpha value is -2.41. The Morgan fingerprint density at radius 2 is 2.00 bits per heavy atom. The van der Waals surface area contributed by atoms with Crippen molar-refractivity contribution >= 4 is 17.8 Å². The summed E-state index contributed by atoms with van der Waals surface area (Å²) in [6.45, 7) is 4.63. The lowest BCUT2D eigenvalue weighted by atomic mass is 10.1. The molecule has 2 rings (SSSR count). The molecular formula is C18H25N3O4. The fraction of sp³-hybridized carbons (Fsp3) is 0.500. The van der Waals surface area contributed by atoms with Crippen LogP contribution in [0.1, 0.15) is 25.8 Å². The summed E-state index contributed by atoms with van der Waals surface area (Å²) >= 11 is 0. The smallest absolute Gasteiger partial charge is 0.325 e. The molecule has 7 heteroatoms. The van der Waals surface area contributed by atoms with E-state index in [1.54, 1.807) is 0 Å².